The average Bonchev–Trinajstić information content (AvgIpc) is 2.60. The SMILES string of the molecule is O=C(O)CCC(Cc1ccccc1)NC(=O)COc1ccc(Cl)cc1. The van der Waals surface area contributed by atoms with E-state index in [0.29, 0.717) is 23.6 Å². The number of hydrogen-bond acceptors (Lipinski definition) is 3. The summed E-state index contributed by atoms with van der Waals surface area (Å²) in [5, 5.41) is 12.3. The molecule has 2 rings (SSSR count). The number of carbonyl (C=O) groups is 2. The van der Waals surface area contributed by atoms with Crippen molar-refractivity contribution in [3.05, 3.63) is 65.2 Å². The van der Waals surface area contributed by atoms with Gasteiger partial charge in [0.05, 0.1) is 0 Å². The molecule has 5 nitrogen and oxygen atoms in total. The summed E-state index contributed by atoms with van der Waals surface area (Å²) in [7, 11) is 0. The van der Waals surface area contributed by atoms with Crippen molar-refractivity contribution in [2.45, 2.75) is 25.3 Å². The maximum atomic E-state index is 12.1. The second-order valence-electron chi connectivity index (χ2n) is 5.63. The van der Waals surface area contributed by atoms with Gasteiger partial charge in [-0.2, -0.15) is 0 Å². The zero-order chi connectivity index (χ0) is 18.1. The third-order valence-electron chi connectivity index (χ3n) is 3.58. The van der Waals surface area contributed by atoms with Gasteiger partial charge >= 0.3 is 5.97 Å². The van der Waals surface area contributed by atoms with Crippen LogP contribution in [0.2, 0.25) is 5.02 Å². The highest BCUT2D eigenvalue weighted by molar-refractivity contribution is 6.30. The Balaban J connectivity index is 1.88. The van der Waals surface area contributed by atoms with Crippen molar-refractivity contribution in [3.63, 3.8) is 0 Å². The predicted octanol–water partition coefficient (Wildman–Crippen LogP) is 3.31. The first-order valence-corrected chi connectivity index (χ1v) is 8.34. The molecule has 0 bridgehead atoms. The fourth-order valence-corrected chi connectivity index (χ4v) is 2.50. The smallest absolute Gasteiger partial charge is 0.303 e. The molecule has 1 unspecified atom stereocenters. The molecule has 6 heteroatoms. The lowest BCUT2D eigenvalue weighted by atomic mass is 10.0. The average molecular weight is 362 g/mol. The van der Waals surface area contributed by atoms with Crippen LogP contribution in [0.4, 0.5) is 0 Å². The molecule has 2 N–H and O–H groups in total. The van der Waals surface area contributed by atoms with Crippen molar-refractivity contribution in [1.82, 2.24) is 5.32 Å². The minimum atomic E-state index is -0.885. The number of rotatable bonds is 9. The van der Waals surface area contributed by atoms with E-state index in [0.717, 1.165) is 5.56 Å². The molecule has 0 aromatic heterocycles. The lowest BCUT2D eigenvalue weighted by Crippen LogP contribution is -2.39. The summed E-state index contributed by atoms with van der Waals surface area (Å²) in [6, 6.07) is 16.1. The van der Waals surface area contributed by atoms with Crippen molar-refractivity contribution in [3.8, 4) is 5.75 Å². The first kappa shape index (κ1) is 18.8. The van der Waals surface area contributed by atoms with Gasteiger partial charge in [0.1, 0.15) is 5.75 Å². The van der Waals surface area contributed by atoms with E-state index in [1.54, 1.807) is 24.3 Å². The number of carboxylic acids is 1. The van der Waals surface area contributed by atoms with Crippen LogP contribution in [0.15, 0.2) is 54.6 Å². The molecule has 132 valence electrons. The lowest BCUT2D eigenvalue weighted by Gasteiger charge is -2.18. The van der Waals surface area contributed by atoms with Crippen molar-refractivity contribution >= 4 is 23.5 Å². The normalized spacial score (nSPS) is 11.6. The molecule has 25 heavy (non-hydrogen) atoms. The van der Waals surface area contributed by atoms with Crippen LogP contribution in [0.3, 0.4) is 0 Å². The van der Waals surface area contributed by atoms with Crippen LogP contribution in [-0.2, 0) is 16.0 Å². The molecule has 0 aliphatic rings. The topological polar surface area (TPSA) is 75.6 Å². The van der Waals surface area contributed by atoms with Crippen molar-refractivity contribution in [2.75, 3.05) is 6.61 Å². The van der Waals surface area contributed by atoms with E-state index in [1.165, 1.54) is 0 Å². The van der Waals surface area contributed by atoms with Gasteiger partial charge in [-0.25, -0.2) is 0 Å². The van der Waals surface area contributed by atoms with Crippen LogP contribution in [-0.4, -0.2) is 29.6 Å². The molecule has 0 heterocycles. The molecule has 0 spiro atoms. The lowest BCUT2D eigenvalue weighted by molar-refractivity contribution is -0.137. The summed E-state index contributed by atoms with van der Waals surface area (Å²) in [4.78, 5) is 23.0. The second kappa shape index (κ2) is 9.69. The number of carbonyl (C=O) groups excluding carboxylic acids is 1. The highest BCUT2D eigenvalue weighted by atomic mass is 35.5. The van der Waals surface area contributed by atoms with Gasteiger partial charge in [-0.15, -0.1) is 0 Å². The molecule has 0 aliphatic carbocycles. The first-order valence-electron chi connectivity index (χ1n) is 7.96. The van der Waals surface area contributed by atoms with Gasteiger partial charge in [0, 0.05) is 17.5 Å². The second-order valence-corrected chi connectivity index (χ2v) is 6.07. The van der Waals surface area contributed by atoms with Crippen LogP contribution >= 0.6 is 11.6 Å². The largest absolute Gasteiger partial charge is 0.484 e. The molecule has 1 amide bonds. The Morgan fingerprint density at radius 3 is 2.40 bits per heavy atom. The number of amides is 1. The Morgan fingerprint density at radius 2 is 1.76 bits per heavy atom. The number of aliphatic carboxylic acids is 1. The zero-order valence-electron chi connectivity index (χ0n) is 13.7. The monoisotopic (exact) mass is 361 g/mol. The first-order chi connectivity index (χ1) is 12.0. The Labute approximate surface area is 151 Å². The standard InChI is InChI=1S/C19H20ClNO4/c20-15-6-9-17(10-7-15)25-13-18(22)21-16(8-11-19(23)24)12-14-4-2-1-3-5-14/h1-7,9-10,16H,8,11-13H2,(H,21,22)(H,23,24). The van der Waals surface area contributed by atoms with Crippen molar-refractivity contribution < 1.29 is 19.4 Å². The van der Waals surface area contributed by atoms with E-state index in [-0.39, 0.29) is 25.0 Å². The summed E-state index contributed by atoms with van der Waals surface area (Å²) < 4.78 is 5.41. The van der Waals surface area contributed by atoms with Gasteiger partial charge < -0.3 is 15.2 Å². The van der Waals surface area contributed by atoms with Crippen molar-refractivity contribution in [2.24, 2.45) is 0 Å². The Bertz CT molecular complexity index is 688. The minimum Gasteiger partial charge on any atom is -0.484 e. The summed E-state index contributed by atoms with van der Waals surface area (Å²) in [5.41, 5.74) is 1.04. The predicted molar refractivity (Wildman–Crippen MR) is 95.9 cm³/mol. The molecule has 2 aromatic rings. The fourth-order valence-electron chi connectivity index (χ4n) is 2.37. The number of carboxylic acid groups (broad SMARTS) is 1. The van der Waals surface area contributed by atoms with Crippen LogP contribution in [0, 0.1) is 0 Å². The van der Waals surface area contributed by atoms with Gasteiger partial charge in [0.2, 0.25) is 0 Å². The van der Waals surface area contributed by atoms with Gasteiger partial charge in [0.15, 0.2) is 6.61 Å². The molecular formula is C19H20ClNO4. The Hall–Kier alpha value is -2.53. The highest BCUT2D eigenvalue weighted by Gasteiger charge is 2.15. The molecule has 0 saturated heterocycles. The van der Waals surface area contributed by atoms with Crippen LogP contribution in [0.25, 0.3) is 0 Å². The Morgan fingerprint density at radius 1 is 1.08 bits per heavy atom. The zero-order valence-corrected chi connectivity index (χ0v) is 14.4. The molecule has 1 atom stereocenters. The van der Waals surface area contributed by atoms with E-state index in [4.69, 9.17) is 21.4 Å². The molecule has 2 aromatic carbocycles. The maximum Gasteiger partial charge on any atom is 0.303 e. The summed E-state index contributed by atoms with van der Waals surface area (Å²) in [5.74, 6) is -0.629. The molecular weight excluding hydrogens is 342 g/mol. The number of nitrogens with one attached hydrogen (secondary N) is 1. The van der Waals surface area contributed by atoms with Crippen LogP contribution in [0.1, 0.15) is 18.4 Å². The molecule has 0 aliphatic heterocycles. The summed E-state index contributed by atoms with van der Waals surface area (Å²) >= 11 is 5.80. The van der Waals surface area contributed by atoms with E-state index in [1.807, 2.05) is 30.3 Å². The molecule has 0 fully saturated rings. The van der Waals surface area contributed by atoms with E-state index >= 15 is 0 Å². The third-order valence-corrected chi connectivity index (χ3v) is 3.83. The Kier molecular flexibility index (Phi) is 7.29. The van der Waals surface area contributed by atoms with E-state index < -0.39 is 5.97 Å². The maximum absolute atomic E-state index is 12.1. The van der Waals surface area contributed by atoms with Gasteiger partial charge in [-0.1, -0.05) is 41.9 Å². The minimum absolute atomic E-state index is 0.00415. The number of hydrogen-bond donors (Lipinski definition) is 2. The number of ether oxygens (including phenoxy) is 1. The van der Waals surface area contributed by atoms with Gasteiger partial charge in [0.25, 0.3) is 5.91 Å². The van der Waals surface area contributed by atoms with Crippen LogP contribution in [0.5, 0.6) is 5.75 Å². The fraction of sp³-hybridized carbons (Fsp3) is 0.263. The van der Waals surface area contributed by atoms with E-state index in [2.05, 4.69) is 5.32 Å². The summed E-state index contributed by atoms with van der Waals surface area (Å²) in [6.07, 6.45) is 0.924. The quantitative estimate of drug-likeness (QED) is 0.718. The number of halogens is 1. The van der Waals surface area contributed by atoms with E-state index in [9.17, 15) is 9.59 Å². The molecule has 0 saturated carbocycles. The number of benzene rings is 2. The molecule has 0 radical (unpaired) electrons. The van der Waals surface area contributed by atoms with Gasteiger partial charge in [-0.05, 0) is 42.7 Å². The van der Waals surface area contributed by atoms with Gasteiger partial charge in [-0.3, -0.25) is 9.59 Å². The highest BCUT2D eigenvalue weighted by Crippen LogP contribution is 2.15. The third kappa shape index (κ3) is 7.27. The summed E-state index contributed by atoms with van der Waals surface area (Å²) in [6.45, 7) is -0.139. The van der Waals surface area contributed by atoms with Crippen LogP contribution < -0.4 is 10.1 Å². The van der Waals surface area contributed by atoms with Crippen molar-refractivity contribution in [1.29, 1.82) is 0 Å².